The van der Waals surface area contributed by atoms with Crippen molar-refractivity contribution < 1.29 is 9.53 Å². The lowest BCUT2D eigenvalue weighted by Crippen LogP contribution is -2.43. The van der Waals surface area contributed by atoms with Crippen molar-refractivity contribution in [1.29, 1.82) is 0 Å². The number of carbonyl (C=O) groups excluding carboxylic acids is 1. The van der Waals surface area contributed by atoms with E-state index in [1.807, 2.05) is 24.3 Å². The number of piperidine rings is 1. The van der Waals surface area contributed by atoms with Crippen molar-refractivity contribution in [2.75, 3.05) is 25.1 Å². The molecule has 1 N–H and O–H groups in total. The van der Waals surface area contributed by atoms with E-state index in [1.165, 1.54) is 0 Å². The lowest BCUT2D eigenvalue weighted by atomic mass is 9.97. The molecule has 1 aliphatic rings. The first-order valence-corrected chi connectivity index (χ1v) is 11.0. The SMILES string of the molecule is COc1ccc(CNC(=O)C2CCCN(c3nnc(-n4c(C)ccc4C)s3)C2)cc1. The van der Waals surface area contributed by atoms with Gasteiger partial charge in [-0.15, -0.1) is 10.2 Å². The maximum Gasteiger partial charge on any atom is 0.225 e. The van der Waals surface area contributed by atoms with E-state index in [4.69, 9.17) is 4.74 Å². The molecule has 1 amide bonds. The van der Waals surface area contributed by atoms with Gasteiger partial charge in [0.05, 0.1) is 13.0 Å². The van der Waals surface area contributed by atoms with Gasteiger partial charge in [0.1, 0.15) is 5.75 Å². The molecule has 2 aromatic heterocycles. The Morgan fingerprint density at radius 2 is 1.83 bits per heavy atom. The van der Waals surface area contributed by atoms with Crippen LogP contribution in [0, 0.1) is 19.8 Å². The zero-order chi connectivity index (χ0) is 21.1. The molecule has 0 spiro atoms. The summed E-state index contributed by atoms with van der Waals surface area (Å²) < 4.78 is 7.29. The van der Waals surface area contributed by atoms with Crippen molar-refractivity contribution in [3.8, 4) is 10.9 Å². The molecule has 3 aromatic rings. The average molecular weight is 426 g/mol. The molecule has 8 heteroatoms. The van der Waals surface area contributed by atoms with Gasteiger partial charge in [-0.05, 0) is 56.5 Å². The second kappa shape index (κ2) is 8.87. The summed E-state index contributed by atoms with van der Waals surface area (Å²) in [5.74, 6) is 0.867. The number of hydrogen-bond donors (Lipinski definition) is 1. The highest BCUT2D eigenvalue weighted by Gasteiger charge is 2.27. The van der Waals surface area contributed by atoms with Gasteiger partial charge in [-0.2, -0.15) is 0 Å². The van der Waals surface area contributed by atoms with Crippen LogP contribution in [-0.2, 0) is 11.3 Å². The fraction of sp³-hybridized carbons (Fsp3) is 0.409. The lowest BCUT2D eigenvalue weighted by molar-refractivity contribution is -0.125. The molecular formula is C22H27N5O2S. The van der Waals surface area contributed by atoms with E-state index in [0.29, 0.717) is 13.1 Å². The van der Waals surface area contributed by atoms with E-state index in [-0.39, 0.29) is 11.8 Å². The van der Waals surface area contributed by atoms with Gasteiger partial charge in [-0.3, -0.25) is 9.36 Å². The molecule has 1 fully saturated rings. The Morgan fingerprint density at radius 3 is 2.53 bits per heavy atom. The van der Waals surface area contributed by atoms with Crippen LogP contribution in [0.5, 0.6) is 5.75 Å². The quantitative estimate of drug-likeness (QED) is 0.655. The van der Waals surface area contributed by atoms with Crippen LogP contribution in [0.2, 0.25) is 0 Å². The number of amides is 1. The van der Waals surface area contributed by atoms with Gasteiger partial charge in [-0.1, -0.05) is 23.5 Å². The summed E-state index contributed by atoms with van der Waals surface area (Å²) in [5, 5.41) is 13.6. The van der Waals surface area contributed by atoms with Crippen molar-refractivity contribution in [2.45, 2.75) is 33.2 Å². The first-order valence-electron chi connectivity index (χ1n) is 10.2. The monoisotopic (exact) mass is 425 g/mol. The Hall–Kier alpha value is -2.87. The molecule has 0 aliphatic carbocycles. The number of rotatable bonds is 6. The second-order valence-electron chi connectivity index (χ2n) is 7.67. The number of carbonyl (C=O) groups is 1. The molecular weight excluding hydrogens is 398 g/mol. The Balaban J connectivity index is 1.37. The standard InChI is InChI=1S/C22H27N5O2S/c1-15-6-7-16(2)27(15)22-25-24-21(30-22)26-12-4-5-18(14-26)20(28)23-13-17-8-10-19(29-3)11-9-17/h6-11,18H,4-5,12-14H2,1-3H3,(H,23,28). The maximum absolute atomic E-state index is 12.8. The molecule has 0 saturated carbocycles. The minimum absolute atomic E-state index is 0.0422. The summed E-state index contributed by atoms with van der Waals surface area (Å²) in [6.45, 7) is 6.23. The maximum atomic E-state index is 12.8. The van der Waals surface area contributed by atoms with Crippen molar-refractivity contribution in [1.82, 2.24) is 20.1 Å². The fourth-order valence-corrected chi connectivity index (χ4v) is 4.84. The molecule has 30 heavy (non-hydrogen) atoms. The number of aryl methyl sites for hydroxylation is 2. The number of methoxy groups -OCH3 is 1. The number of aromatic nitrogens is 3. The molecule has 0 radical (unpaired) electrons. The van der Waals surface area contributed by atoms with Crippen LogP contribution in [0.25, 0.3) is 5.13 Å². The molecule has 1 aromatic carbocycles. The van der Waals surface area contributed by atoms with Crippen LogP contribution in [0.1, 0.15) is 29.8 Å². The van der Waals surface area contributed by atoms with Crippen molar-refractivity contribution in [3.63, 3.8) is 0 Å². The molecule has 7 nitrogen and oxygen atoms in total. The lowest BCUT2D eigenvalue weighted by Gasteiger charge is -2.31. The summed E-state index contributed by atoms with van der Waals surface area (Å²) in [5.41, 5.74) is 3.34. The largest absolute Gasteiger partial charge is 0.497 e. The summed E-state index contributed by atoms with van der Waals surface area (Å²) in [6.07, 6.45) is 1.86. The molecule has 158 valence electrons. The Bertz CT molecular complexity index is 991. The van der Waals surface area contributed by atoms with E-state index in [9.17, 15) is 4.79 Å². The van der Waals surface area contributed by atoms with Crippen molar-refractivity contribution in [2.24, 2.45) is 5.92 Å². The topological polar surface area (TPSA) is 72.3 Å². The van der Waals surface area contributed by atoms with Crippen LogP contribution < -0.4 is 15.0 Å². The van der Waals surface area contributed by atoms with E-state index < -0.39 is 0 Å². The molecule has 1 aliphatic heterocycles. The zero-order valence-electron chi connectivity index (χ0n) is 17.6. The van der Waals surface area contributed by atoms with Crippen molar-refractivity contribution >= 4 is 22.4 Å². The van der Waals surface area contributed by atoms with E-state index >= 15 is 0 Å². The predicted molar refractivity (Wildman–Crippen MR) is 118 cm³/mol. The first kappa shape index (κ1) is 20.4. The average Bonchev–Trinajstić information content (AvgIpc) is 3.38. The van der Waals surface area contributed by atoms with Crippen LogP contribution in [0.15, 0.2) is 36.4 Å². The first-order chi connectivity index (χ1) is 14.5. The molecule has 0 bridgehead atoms. The van der Waals surface area contributed by atoms with Gasteiger partial charge in [-0.25, -0.2) is 0 Å². The summed E-state index contributed by atoms with van der Waals surface area (Å²) in [7, 11) is 1.65. The summed E-state index contributed by atoms with van der Waals surface area (Å²) >= 11 is 1.58. The van der Waals surface area contributed by atoms with Gasteiger partial charge in [0.25, 0.3) is 0 Å². The fourth-order valence-electron chi connectivity index (χ4n) is 3.84. The highest BCUT2D eigenvalue weighted by Crippen LogP contribution is 2.29. The van der Waals surface area contributed by atoms with E-state index in [2.05, 4.69) is 51.0 Å². The smallest absolute Gasteiger partial charge is 0.225 e. The van der Waals surface area contributed by atoms with Crippen molar-refractivity contribution in [3.05, 3.63) is 53.3 Å². The molecule has 1 atom stereocenters. The molecule has 1 unspecified atom stereocenters. The summed E-state index contributed by atoms with van der Waals surface area (Å²) in [4.78, 5) is 14.9. The third kappa shape index (κ3) is 4.33. The highest BCUT2D eigenvalue weighted by atomic mass is 32.1. The molecule has 1 saturated heterocycles. The highest BCUT2D eigenvalue weighted by molar-refractivity contribution is 7.17. The number of benzene rings is 1. The van der Waals surface area contributed by atoms with Crippen LogP contribution >= 0.6 is 11.3 Å². The second-order valence-corrected chi connectivity index (χ2v) is 8.60. The Labute approximate surface area is 180 Å². The minimum atomic E-state index is -0.0422. The zero-order valence-corrected chi connectivity index (χ0v) is 18.4. The van der Waals surface area contributed by atoms with E-state index in [1.54, 1.807) is 18.4 Å². The molecule has 3 heterocycles. The van der Waals surface area contributed by atoms with Gasteiger partial charge >= 0.3 is 0 Å². The van der Waals surface area contributed by atoms with Gasteiger partial charge < -0.3 is 15.0 Å². The normalized spacial score (nSPS) is 16.5. The third-order valence-electron chi connectivity index (χ3n) is 5.55. The van der Waals surface area contributed by atoms with Crippen LogP contribution in [0.4, 0.5) is 5.13 Å². The number of nitrogens with one attached hydrogen (secondary N) is 1. The Morgan fingerprint density at radius 1 is 1.13 bits per heavy atom. The minimum Gasteiger partial charge on any atom is -0.497 e. The third-order valence-corrected chi connectivity index (χ3v) is 6.52. The number of anilines is 1. The number of nitrogens with zero attached hydrogens (tertiary/aromatic N) is 4. The van der Waals surface area contributed by atoms with E-state index in [0.717, 1.165) is 52.4 Å². The summed E-state index contributed by atoms with van der Waals surface area (Å²) in [6, 6.07) is 11.9. The predicted octanol–water partition coefficient (Wildman–Crippen LogP) is 3.49. The molecule has 4 rings (SSSR count). The number of ether oxygens (including phenoxy) is 1. The Kier molecular flexibility index (Phi) is 6.03. The van der Waals surface area contributed by atoms with Gasteiger partial charge in [0, 0.05) is 31.0 Å². The van der Waals surface area contributed by atoms with Gasteiger partial charge in [0.2, 0.25) is 16.2 Å². The van der Waals surface area contributed by atoms with Gasteiger partial charge in [0.15, 0.2) is 0 Å². The van der Waals surface area contributed by atoms with Crippen LogP contribution in [0.3, 0.4) is 0 Å². The van der Waals surface area contributed by atoms with Crippen LogP contribution in [-0.4, -0.2) is 40.9 Å². The number of hydrogen-bond acceptors (Lipinski definition) is 6.